The van der Waals surface area contributed by atoms with Crippen molar-refractivity contribution in [3.8, 4) is 5.75 Å². The van der Waals surface area contributed by atoms with Gasteiger partial charge in [-0.2, -0.15) is 0 Å². The van der Waals surface area contributed by atoms with E-state index in [4.69, 9.17) is 4.74 Å². The predicted molar refractivity (Wildman–Crippen MR) is 92.4 cm³/mol. The van der Waals surface area contributed by atoms with Gasteiger partial charge in [0.25, 0.3) is 0 Å². The highest BCUT2D eigenvalue weighted by Crippen LogP contribution is 2.29. The molecule has 22 heavy (non-hydrogen) atoms. The summed E-state index contributed by atoms with van der Waals surface area (Å²) in [5.74, 6) is 2.78. The molecule has 3 atom stereocenters. The van der Waals surface area contributed by atoms with Crippen molar-refractivity contribution in [1.29, 1.82) is 0 Å². The van der Waals surface area contributed by atoms with Crippen LogP contribution in [0.2, 0.25) is 0 Å². The van der Waals surface area contributed by atoms with Crippen molar-refractivity contribution < 1.29 is 9.53 Å². The predicted octanol–water partition coefficient (Wildman–Crippen LogP) is 4.12. The quantitative estimate of drug-likeness (QED) is 0.801. The molecular weight excluding hydrogens is 294 g/mol. The molecule has 0 saturated heterocycles. The highest BCUT2D eigenvalue weighted by atomic mass is 32.2. The van der Waals surface area contributed by atoms with Crippen molar-refractivity contribution in [2.24, 2.45) is 11.8 Å². The van der Waals surface area contributed by atoms with Crippen LogP contribution >= 0.6 is 11.8 Å². The Balaban J connectivity index is 1.77. The van der Waals surface area contributed by atoms with E-state index in [2.05, 4.69) is 19.2 Å². The van der Waals surface area contributed by atoms with Gasteiger partial charge in [-0.05, 0) is 49.4 Å². The zero-order valence-corrected chi connectivity index (χ0v) is 14.6. The van der Waals surface area contributed by atoms with Crippen molar-refractivity contribution in [2.45, 2.75) is 51.0 Å². The lowest BCUT2D eigenvalue weighted by Gasteiger charge is -2.34. The maximum absolute atomic E-state index is 12.1. The molecule has 0 aliphatic heterocycles. The second-order valence-electron chi connectivity index (χ2n) is 6.13. The number of hydrogen-bond acceptors (Lipinski definition) is 3. The molecule has 1 N–H and O–H groups in total. The Morgan fingerprint density at radius 1 is 1.27 bits per heavy atom. The van der Waals surface area contributed by atoms with Gasteiger partial charge in [0, 0.05) is 10.9 Å². The standard InChI is InChI=1S/C18H27NO2S/c1-4-21-15-8-10-16(11-9-15)22-12-18(20)19-17-7-5-6-13(2)14(17)3/h8-11,13-14,17H,4-7,12H2,1-3H3,(H,19,20). The Morgan fingerprint density at radius 3 is 2.68 bits per heavy atom. The summed E-state index contributed by atoms with van der Waals surface area (Å²) in [4.78, 5) is 13.3. The normalized spacial score (nSPS) is 24.8. The van der Waals surface area contributed by atoms with Gasteiger partial charge in [0.1, 0.15) is 5.75 Å². The number of thioether (sulfide) groups is 1. The summed E-state index contributed by atoms with van der Waals surface area (Å²) in [6, 6.07) is 8.27. The van der Waals surface area contributed by atoms with Crippen LogP contribution < -0.4 is 10.1 Å². The summed E-state index contributed by atoms with van der Waals surface area (Å²) in [5, 5.41) is 3.22. The SMILES string of the molecule is CCOc1ccc(SCC(=O)NC2CCCC(C)C2C)cc1. The van der Waals surface area contributed by atoms with Gasteiger partial charge in [0.05, 0.1) is 12.4 Å². The van der Waals surface area contributed by atoms with Crippen molar-refractivity contribution in [1.82, 2.24) is 5.32 Å². The first-order valence-corrected chi connectivity index (χ1v) is 9.23. The van der Waals surface area contributed by atoms with Crippen LogP contribution in [-0.2, 0) is 4.79 Å². The molecule has 1 aromatic rings. The average molecular weight is 321 g/mol. The molecule has 1 aliphatic carbocycles. The van der Waals surface area contributed by atoms with Gasteiger partial charge in [-0.1, -0.05) is 26.7 Å². The highest BCUT2D eigenvalue weighted by molar-refractivity contribution is 8.00. The van der Waals surface area contributed by atoms with E-state index in [1.54, 1.807) is 11.8 Å². The van der Waals surface area contributed by atoms with Crippen LogP contribution in [0.4, 0.5) is 0 Å². The molecule has 0 aromatic heterocycles. The molecule has 1 fully saturated rings. The van der Waals surface area contributed by atoms with Crippen LogP contribution in [0, 0.1) is 11.8 Å². The number of carbonyl (C=O) groups excluding carboxylic acids is 1. The third kappa shape index (κ3) is 4.94. The van der Waals surface area contributed by atoms with E-state index in [-0.39, 0.29) is 5.91 Å². The number of hydrogen-bond donors (Lipinski definition) is 1. The first kappa shape index (κ1) is 17.2. The van der Waals surface area contributed by atoms with E-state index in [0.717, 1.165) is 17.1 Å². The second-order valence-corrected chi connectivity index (χ2v) is 7.18. The minimum absolute atomic E-state index is 0.143. The number of amides is 1. The van der Waals surface area contributed by atoms with Gasteiger partial charge < -0.3 is 10.1 Å². The van der Waals surface area contributed by atoms with Gasteiger partial charge >= 0.3 is 0 Å². The lowest BCUT2D eigenvalue weighted by Crippen LogP contribution is -2.44. The summed E-state index contributed by atoms with van der Waals surface area (Å²) < 4.78 is 5.42. The van der Waals surface area contributed by atoms with E-state index in [1.165, 1.54) is 12.8 Å². The Bertz CT molecular complexity index is 474. The average Bonchev–Trinajstić information content (AvgIpc) is 2.51. The number of nitrogens with one attached hydrogen (secondary N) is 1. The van der Waals surface area contributed by atoms with E-state index < -0.39 is 0 Å². The molecule has 0 radical (unpaired) electrons. The lowest BCUT2D eigenvalue weighted by atomic mass is 9.78. The molecule has 3 unspecified atom stereocenters. The van der Waals surface area contributed by atoms with Crippen LogP contribution in [0.15, 0.2) is 29.2 Å². The topological polar surface area (TPSA) is 38.3 Å². The van der Waals surface area contributed by atoms with Crippen LogP contribution in [0.25, 0.3) is 0 Å². The Hall–Kier alpha value is -1.16. The lowest BCUT2D eigenvalue weighted by molar-refractivity contribution is -0.119. The molecule has 2 rings (SSSR count). The van der Waals surface area contributed by atoms with Crippen LogP contribution in [0.1, 0.15) is 40.0 Å². The minimum atomic E-state index is 0.143. The fourth-order valence-electron chi connectivity index (χ4n) is 2.98. The molecule has 122 valence electrons. The van der Waals surface area contributed by atoms with Gasteiger partial charge in [-0.15, -0.1) is 11.8 Å². The van der Waals surface area contributed by atoms with Crippen molar-refractivity contribution in [3.63, 3.8) is 0 Å². The number of rotatable bonds is 6. The fourth-order valence-corrected chi connectivity index (χ4v) is 3.69. The molecule has 1 amide bonds. The van der Waals surface area contributed by atoms with Crippen molar-refractivity contribution in [3.05, 3.63) is 24.3 Å². The van der Waals surface area contributed by atoms with Gasteiger partial charge in [-0.3, -0.25) is 4.79 Å². The summed E-state index contributed by atoms with van der Waals surface area (Å²) in [6.45, 7) is 7.19. The molecule has 0 spiro atoms. The maximum atomic E-state index is 12.1. The number of carbonyl (C=O) groups is 1. The zero-order chi connectivity index (χ0) is 15.9. The van der Waals surface area contributed by atoms with E-state index in [9.17, 15) is 4.79 Å². The molecular formula is C18H27NO2S. The third-order valence-corrected chi connectivity index (χ3v) is 5.57. The molecule has 4 heteroatoms. The first-order valence-electron chi connectivity index (χ1n) is 8.25. The molecule has 3 nitrogen and oxygen atoms in total. The number of benzene rings is 1. The molecule has 1 aromatic carbocycles. The van der Waals surface area contributed by atoms with Crippen LogP contribution in [-0.4, -0.2) is 24.3 Å². The summed E-state index contributed by atoms with van der Waals surface area (Å²) in [6.07, 6.45) is 3.63. The van der Waals surface area contributed by atoms with E-state index in [0.29, 0.717) is 30.2 Å². The fraction of sp³-hybridized carbons (Fsp3) is 0.611. The monoisotopic (exact) mass is 321 g/mol. The molecule has 1 aliphatic rings. The van der Waals surface area contributed by atoms with Gasteiger partial charge in [-0.25, -0.2) is 0 Å². The minimum Gasteiger partial charge on any atom is -0.494 e. The van der Waals surface area contributed by atoms with Gasteiger partial charge in [0.15, 0.2) is 0 Å². The third-order valence-electron chi connectivity index (χ3n) is 4.56. The molecule has 0 heterocycles. The smallest absolute Gasteiger partial charge is 0.230 e. The maximum Gasteiger partial charge on any atom is 0.230 e. The van der Waals surface area contributed by atoms with E-state index >= 15 is 0 Å². The van der Waals surface area contributed by atoms with E-state index in [1.807, 2.05) is 31.2 Å². The first-order chi connectivity index (χ1) is 10.6. The Morgan fingerprint density at radius 2 is 2.00 bits per heavy atom. The van der Waals surface area contributed by atoms with Gasteiger partial charge in [0.2, 0.25) is 5.91 Å². The van der Waals surface area contributed by atoms with Crippen molar-refractivity contribution >= 4 is 17.7 Å². The largest absolute Gasteiger partial charge is 0.494 e. The second kappa shape index (κ2) is 8.47. The Kier molecular flexibility index (Phi) is 6.62. The van der Waals surface area contributed by atoms with Crippen LogP contribution in [0.3, 0.4) is 0 Å². The zero-order valence-electron chi connectivity index (χ0n) is 13.8. The highest BCUT2D eigenvalue weighted by Gasteiger charge is 2.27. The summed E-state index contributed by atoms with van der Waals surface area (Å²) >= 11 is 1.58. The molecule has 1 saturated carbocycles. The summed E-state index contributed by atoms with van der Waals surface area (Å²) in [7, 11) is 0. The summed E-state index contributed by atoms with van der Waals surface area (Å²) in [5.41, 5.74) is 0. The molecule has 0 bridgehead atoms. The Labute approximate surface area is 138 Å². The number of ether oxygens (including phenoxy) is 1. The van der Waals surface area contributed by atoms with Crippen LogP contribution in [0.5, 0.6) is 5.75 Å². The van der Waals surface area contributed by atoms with Crippen molar-refractivity contribution in [2.75, 3.05) is 12.4 Å².